The van der Waals surface area contributed by atoms with Gasteiger partial charge in [0.25, 0.3) is 0 Å². The molecular formula is C23H25FN4O3S. The summed E-state index contributed by atoms with van der Waals surface area (Å²) < 4.78 is 18.2. The maximum Gasteiger partial charge on any atom is 0.226 e. The number of amides is 2. The third-order valence-electron chi connectivity index (χ3n) is 4.73. The van der Waals surface area contributed by atoms with Crippen molar-refractivity contribution in [3.63, 3.8) is 0 Å². The number of benzene rings is 2. The Labute approximate surface area is 189 Å². The van der Waals surface area contributed by atoms with E-state index in [4.69, 9.17) is 10.5 Å². The minimum atomic E-state index is -0.450. The third kappa shape index (κ3) is 6.78. The number of rotatable bonds is 10. The van der Waals surface area contributed by atoms with Gasteiger partial charge in [-0.2, -0.15) is 0 Å². The van der Waals surface area contributed by atoms with Crippen LogP contribution in [0, 0.1) is 5.82 Å². The molecule has 32 heavy (non-hydrogen) atoms. The number of nitrogens with zero attached hydrogens (tertiary/aromatic N) is 1. The van der Waals surface area contributed by atoms with Crippen LogP contribution in [0.5, 0.6) is 5.75 Å². The molecule has 0 unspecified atom stereocenters. The number of carbonyl (C=O) groups is 2. The maximum absolute atomic E-state index is 13.0. The van der Waals surface area contributed by atoms with Gasteiger partial charge in [-0.3, -0.25) is 9.59 Å². The van der Waals surface area contributed by atoms with E-state index in [1.54, 1.807) is 7.11 Å². The molecule has 0 saturated carbocycles. The van der Waals surface area contributed by atoms with Crippen LogP contribution in [0.2, 0.25) is 0 Å². The Hall–Kier alpha value is -3.46. The molecular weight excluding hydrogens is 431 g/mol. The summed E-state index contributed by atoms with van der Waals surface area (Å²) in [4.78, 5) is 28.6. The minimum absolute atomic E-state index is 0.107. The number of nitrogens with one attached hydrogen (secondary N) is 2. The minimum Gasteiger partial charge on any atom is -0.497 e. The summed E-state index contributed by atoms with van der Waals surface area (Å²) in [6, 6.07) is 11.4. The zero-order valence-electron chi connectivity index (χ0n) is 17.7. The Balaban J connectivity index is 1.34. The SMILES string of the molecule is COc1ccc(-c2csc(NC(=O)CCCCCC(=O)Nc3ccc(F)cc3N)n2)cc1. The number of aromatic nitrogens is 1. The van der Waals surface area contributed by atoms with Crippen molar-refractivity contribution in [3.8, 4) is 17.0 Å². The summed E-state index contributed by atoms with van der Waals surface area (Å²) >= 11 is 1.37. The van der Waals surface area contributed by atoms with Gasteiger partial charge in [0.1, 0.15) is 11.6 Å². The van der Waals surface area contributed by atoms with E-state index < -0.39 is 5.82 Å². The van der Waals surface area contributed by atoms with E-state index in [9.17, 15) is 14.0 Å². The molecule has 0 bridgehead atoms. The van der Waals surface area contributed by atoms with Crippen LogP contribution in [0.1, 0.15) is 32.1 Å². The first kappa shape index (κ1) is 23.2. The largest absolute Gasteiger partial charge is 0.497 e. The molecule has 0 aliphatic heterocycles. The van der Waals surface area contributed by atoms with E-state index in [-0.39, 0.29) is 17.5 Å². The van der Waals surface area contributed by atoms with Crippen LogP contribution in [-0.4, -0.2) is 23.9 Å². The Morgan fingerprint density at radius 2 is 1.72 bits per heavy atom. The van der Waals surface area contributed by atoms with Crippen molar-refractivity contribution >= 4 is 39.7 Å². The van der Waals surface area contributed by atoms with Crippen LogP contribution in [0.4, 0.5) is 20.9 Å². The van der Waals surface area contributed by atoms with E-state index in [1.165, 1.54) is 23.5 Å². The number of unbranched alkanes of at least 4 members (excludes halogenated alkanes) is 2. The molecule has 0 spiro atoms. The van der Waals surface area contributed by atoms with E-state index in [0.717, 1.165) is 29.5 Å². The highest BCUT2D eigenvalue weighted by Crippen LogP contribution is 2.26. The number of ether oxygens (including phenoxy) is 1. The van der Waals surface area contributed by atoms with Crippen molar-refractivity contribution in [1.82, 2.24) is 4.98 Å². The standard InChI is InChI=1S/C23H25FN4O3S/c1-31-17-10-7-15(8-11-17)20-14-32-23(27-20)28-22(30)6-4-2-3-5-21(29)26-19-12-9-16(24)13-18(19)25/h7-14H,2-6,25H2,1H3,(H,26,29)(H,27,28,30). The zero-order chi connectivity index (χ0) is 22.9. The molecule has 7 nitrogen and oxygen atoms in total. The van der Waals surface area contributed by atoms with Crippen molar-refractivity contribution in [3.05, 3.63) is 53.7 Å². The van der Waals surface area contributed by atoms with E-state index in [2.05, 4.69) is 15.6 Å². The maximum atomic E-state index is 13.0. The fourth-order valence-electron chi connectivity index (χ4n) is 3.02. The highest BCUT2D eigenvalue weighted by molar-refractivity contribution is 7.14. The molecule has 0 fully saturated rings. The van der Waals surface area contributed by atoms with Gasteiger partial charge < -0.3 is 21.1 Å². The molecule has 0 radical (unpaired) electrons. The van der Waals surface area contributed by atoms with Gasteiger partial charge in [0, 0.05) is 23.8 Å². The number of halogens is 1. The molecule has 2 amide bonds. The molecule has 1 aromatic heterocycles. The fraction of sp³-hybridized carbons (Fsp3) is 0.261. The summed E-state index contributed by atoms with van der Waals surface area (Å²) in [5, 5.41) is 7.93. The van der Waals surface area contributed by atoms with Crippen LogP contribution >= 0.6 is 11.3 Å². The Morgan fingerprint density at radius 1 is 1.03 bits per heavy atom. The van der Waals surface area contributed by atoms with Crippen LogP contribution in [0.15, 0.2) is 47.8 Å². The Bertz CT molecular complexity index is 1070. The number of methoxy groups -OCH3 is 1. The zero-order valence-corrected chi connectivity index (χ0v) is 18.5. The smallest absolute Gasteiger partial charge is 0.226 e. The average molecular weight is 457 g/mol. The second-order valence-electron chi connectivity index (χ2n) is 7.15. The Morgan fingerprint density at radius 3 is 2.38 bits per heavy atom. The highest BCUT2D eigenvalue weighted by atomic mass is 32.1. The first-order valence-corrected chi connectivity index (χ1v) is 11.1. The van der Waals surface area contributed by atoms with Crippen molar-refractivity contribution in [1.29, 1.82) is 0 Å². The lowest BCUT2D eigenvalue weighted by Gasteiger charge is -2.08. The predicted octanol–water partition coefficient (Wildman–Crippen LogP) is 5.07. The van der Waals surface area contributed by atoms with Gasteiger partial charge in [-0.25, -0.2) is 9.37 Å². The predicted molar refractivity (Wildman–Crippen MR) is 125 cm³/mol. The van der Waals surface area contributed by atoms with Crippen molar-refractivity contribution in [2.75, 3.05) is 23.5 Å². The van der Waals surface area contributed by atoms with Gasteiger partial charge in [0.05, 0.1) is 24.2 Å². The molecule has 3 aromatic rings. The molecule has 2 aromatic carbocycles. The van der Waals surface area contributed by atoms with Crippen LogP contribution in [-0.2, 0) is 9.59 Å². The molecule has 168 valence electrons. The van der Waals surface area contributed by atoms with Gasteiger partial charge in [-0.1, -0.05) is 6.42 Å². The first-order valence-electron chi connectivity index (χ1n) is 10.2. The lowest BCUT2D eigenvalue weighted by atomic mass is 10.1. The van der Waals surface area contributed by atoms with Crippen LogP contribution in [0.25, 0.3) is 11.3 Å². The first-order chi connectivity index (χ1) is 15.4. The molecule has 0 aliphatic rings. The molecule has 0 atom stereocenters. The van der Waals surface area contributed by atoms with Gasteiger partial charge in [-0.05, 0) is 55.3 Å². The van der Waals surface area contributed by atoms with Crippen LogP contribution in [0.3, 0.4) is 0 Å². The van der Waals surface area contributed by atoms with Crippen molar-refractivity contribution < 1.29 is 18.7 Å². The molecule has 0 aliphatic carbocycles. The summed E-state index contributed by atoms with van der Waals surface area (Å²) in [6.07, 6.45) is 2.68. The lowest BCUT2D eigenvalue weighted by molar-refractivity contribution is -0.116. The summed E-state index contributed by atoms with van der Waals surface area (Å²) in [6.45, 7) is 0. The summed E-state index contributed by atoms with van der Waals surface area (Å²) in [5.74, 6) is 0.0221. The number of nitrogen functional groups attached to an aromatic ring is 1. The molecule has 4 N–H and O–H groups in total. The number of hydrogen-bond donors (Lipinski definition) is 3. The summed E-state index contributed by atoms with van der Waals surface area (Å²) in [5.41, 5.74) is 8.00. The Kier molecular flexibility index (Phi) is 8.15. The number of anilines is 3. The van der Waals surface area contributed by atoms with Crippen LogP contribution < -0.4 is 21.1 Å². The number of thiazole rings is 1. The number of hydrogen-bond acceptors (Lipinski definition) is 6. The van der Waals surface area contributed by atoms with Crippen molar-refractivity contribution in [2.24, 2.45) is 0 Å². The normalized spacial score (nSPS) is 10.6. The topological polar surface area (TPSA) is 106 Å². The summed E-state index contributed by atoms with van der Waals surface area (Å²) in [7, 11) is 1.62. The number of carbonyl (C=O) groups excluding carboxylic acids is 2. The van der Waals surface area contributed by atoms with Gasteiger partial charge in [0.15, 0.2) is 5.13 Å². The monoisotopic (exact) mass is 456 g/mol. The highest BCUT2D eigenvalue weighted by Gasteiger charge is 2.09. The quantitative estimate of drug-likeness (QED) is 0.292. The third-order valence-corrected chi connectivity index (χ3v) is 5.49. The molecule has 3 rings (SSSR count). The molecule has 1 heterocycles. The average Bonchev–Trinajstić information content (AvgIpc) is 3.24. The second-order valence-corrected chi connectivity index (χ2v) is 8.01. The van der Waals surface area contributed by atoms with E-state index in [0.29, 0.717) is 36.5 Å². The van der Waals surface area contributed by atoms with E-state index >= 15 is 0 Å². The van der Waals surface area contributed by atoms with Gasteiger partial charge >= 0.3 is 0 Å². The van der Waals surface area contributed by atoms with Gasteiger partial charge in [0.2, 0.25) is 11.8 Å². The second kappa shape index (κ2) is 11.2. The fourth-order valence-corrected chi connectivity index (χ4v) is 3.75. The lowest BCUT2D eigenvalue weighted by Crippen LogP contribution is -2.13. The molecule has 0 saturated heterocycles. The molecule has 9 heteroatoms. The van der Waals surface area contributed by atoms with Crippen molar-refractivity contribution in [2.45, 2.75) is 32.1 Å². The van der Waals surface area contributed by atoms with E-state index in [1.807, 2.05) is 29.6 Å². The van der Waals surface area contributed by atoms with Gasteiger partial charge in [-0.15, -0.1) is 11.3 Å². The number of nitrogens with two attached hydrogens (primary N) is 1.